The van der Waals surface area contributed by atoms with Gasteiger partial charge in [0.25, 0.3) is 0 Å². The molecule has 3 aliphatic rings. The van der Waals surface area contributed by atoms with Crippen molar-refractivity contribution in [1.29, 1.82) is 0 Å². The Morgan fingerprint density at radius 2 is 1.25 bits per heavy atom. The van der Waals surface area contributed by atoms with Gasteiger partial charge in [-0.1, -0.05) is 90.1 Å². The van der Waals surface area contributed by atoms with Crippen LogP contribution >= 0.6 is 0 Å². The van der Waals surface area contributed by atoms with Crippen molar-refractivity contribution in [2.24, 2.45) is 17.3 Å². The number of hydrogen-bond donors (Lipinski definition) is 4. The Kier molecular flexibility index (Phi) is 12.6. The Hall–Kier alpha value is -5.67. The molecule has 4 N–H and O–H groups in total. The summed E-state index contributed by atoms with van der Waals surface area (Å²) in [4.78, 5) is 67.4. The quantitative estimate of drug-likeness (QED) is 0.122. The van der Waals surface area contributed by atoms with Gasteiger partial charge in [0.1, 0.15) is 17.9 Å². The van der Waals surface area contributed by atoms with Crippen LogP contribution < -0.4 is 10.6 Å². The van der Waals surface area contributed by atoms with Crippen LogP contribution in [0.15, 0.2) is 66.9 Å². The molecule has 326 valence electrons. The topological polar surface area (TPSA) is 180 Å². The van der Waals surface area contributed by atoms with E-state index in [1.54, 1.807) is 11.1 Å². The van der Waals surface area contributed by atoms with Gasteiger partial charge in [0, 0.05) is 29.8 Å². The lowest BCUT2D eigenvalue weighted by Gasteiger charge is -2.41. The van der Waals surface area contributed by atoms with Crippen LogP contribution in [0.2, 0.25) is 0 Å². The molecule has 1 spiro atoms. The first-order chi connectivity index (χ1) is 29.1. The number of carbonyl (C=O) groups is 4. The third kappa shape index (κ3) is 9.32. The zero-order valence-corrected chi connectivity index (χ0v) is 36.4. The van der Waals surface area contributed by atoms with Crippen LogP contribution in [-0.2, 0) is 28.5 Å². The lowest BCUT2D eigenvalue weighted by Crippen LogP contribution is -2.53. The fourth-order valence-corrected chi connectivity index (χ4v) is 8.48. The Morgan fingerprint density at radius 1 is 0.721 bits per heavy atom. The number of methoxy groups -OCH3 is 2. The number of amides is 4. The molecule has 15 nitrogen and oxygen atoms in total. The SMILES string of the molecule is COC(=O)NC(C(=O)N1CCC[C@H]1c1ccc(-c2ccc(-c3ccc(-c4cnc([C@@H]5CC6(CN5C(=O)[C@H](NC(=O)OC)C(C)C)OCC(C)(C)CO6)[nH]4)cc3)cc2)[nH]1)C(C)C. The third-order valence-electron chi connectivity index (χ3n) is 12.0. The van der Waals surface area contributed by atoms with Gasteiger partial charge in [-0.05, 0) is 59.1 Å². The van der Waals surface area contributed by atoms with E-state index < -0.39 is 36.1 Å². The second-order valence-electron chi connectivity index (χ2n) is 17.9. The van der Waals surface area contributed by atoms with E-state index in [1.165, 1.54) is 14.2 Å². The van der Waals surface area contributed by atoms with Gasteiger partial charge in [0.05, 0.1) is 58.0 Å². The highest BCUT2D eigenvalue weighted by Gasteiger charge is 2.53. The van der Waals surface area contributed by atoms with Gasteiger partial charge < -0.3 is 49.3 Å². The summed E-state index contributed by atoms with van der Waals surface area (Å²) >= 11 is 0. The normalized spacial score (nSPS) is 20.5. The van der Waals surface area contributed by atoms with Gasteiger partial charge in [-0.25, -0.2) is 14.6 Å². The van der Waals surface area contributed by atoms with E-state index in [-0.39, 0.29) is 41.7 Å². The van der Waals surface area contributed by atoms with Gasteiger partial charge >= 0.3 is 12.2 Å². The second-order valence-corrected chi connectivity index (χ2v) is 17.9. The predicted octanol–water partition coefficient (Wildman–Crippen LogP) is 7.21. The van der Waals surface area contributed by atoms with E-state index in [9.17, 15) is 19.2 Å². The number of aromatic nitrogens is 3. The molecule has 0 saturated carbocycles. The van der Waals surface area contributed by atoms with Crippen molar-refractivity contribution in [2.45, 2.75) is 90.8 Å². The first kappa shape index (κ1) is 43.4. The molecule has 0 aliphatic carbocycles. The summed E-state index contributed by atoms with van der Waals surface area (Å²) in [6.07, 6.45) is 2.59. The molecule has 3 saturated heterocycles. The Balaban J connectivity index is 1.04. The lowest BCUT2D eigenvalue weighted by atomic mass is 9.94. The number of imidazole rings is 1. The summed E-state index contributed by atoms with van der Waals surface area (Å²) in [7, 11) is 2.57. The van der Waals surface area contributed by atoms with E-state index in [2.05, 4.69) is 70.8 Å². The van der Waals surface area contributed by atoms with Crippen LogP contribution in [0.25, 0.3) is 33.6 Å². The fourth-order valence-electron chi connectivity index (χ4n) is 8.48. The Labute approximate surface area is 357 Å². The summed E-state index contributed by atoms with van der Waals surface area (Å²) in [5.74, 6) is -1.05. The van der Waals surface area contributed by atoms with E-state index in [0.717, 1.165) is 52.2 Å². The first-order valence-electron chi connectivity index (χ1n) is 21.1. The summed E-state index contributed by atoms with van der Waals surface area (Å²) in [5, 5.41) is 5.43. The van der Waals surface area contributed by atoms with Crippen LogP contribution in [0.5, 0.6) is 0 Å². The van der Waals surface area contributed by atoms with Crippen LogP contribution in [-0.4, -0.2) is 107 Å². The van der Waals surface area contributed by atoms with Crippen molar-refractivity contribution in [1.82, 2.24) is 35.4 Å². The predicted molar refractivity (Wildman–Crippen MR) is 229 cm³/mol. The second kappa shape index (κ2) is 17.7. The number of aromatic amines is 2. The molecule has 0 bridgehead atoms. The zero-order valence-electron chi connectivity index (χ0n) is 36.4. The summed E-state index contributed by atoms with van der Waals surface area (Å²) < 4.78 is 22.3. The number of hydrogen-bond acceptors (Lipinski definition) is 9. The fraction of sp³-hybridized carbons (Fsp3) is 0.500. The number of carbonyl (C=O) groups excluding carboxylic acids is 4. The molecule has 2 aromatic carbocycles. The van der Waals surface area contributed by atoms with Gasteiger partial charge in [-0.2, -0.15) is 0 Å². The largest absolute Gasteiger partial charge is 0.453 e. The van der Waals surface area contributed by atoms with Crippen LogP contribution in [0, 0.1) is 17.3 Å². The van der Waals surface area contributed by atoms with Crippen LogP contribution in [0.3, 0.4) is 0 Å². The van der Waals surface area contributed by atoms with Crippen molar-refractivity contribution >= 4 is 24.0 Å². The minimum absolute atomic E-state index is 0.0938. The van der Waals surface area contributed by atoms with E-state index >= 15 is 0 Å². The van der Waals surface area contributed by atoms with Crippen molar-refractivity contribution in [3.63, 3.8) is 0 Å². The zero-order chi connectivity index (χ0) is 43.6. The van der Waals surface area contributed by atoms with Crippen LogP contribution in [0.1, 0.15) is 84.4 Å². The Bertz CT molecular complexity index is 2180. The molecular weight excluding hydrogens is 779 g/mol. The van der Waals surface area contributed by atoms with E-state index in [4.69, 9.17) is 23.9 Å². The lowest BCUT2D eigenvalue weighted by molar-refractivity contribution is -0.290. The molecule has 3 fully saturated rings. The van der Waals surface area contributed by atoms with Crippen molar-refractivity contribution in [3.8, 4) is 33.6 Å². The third-order valence-corrected chi connectivity index (χ3v) is 12.0. The number of nitrogens with one attached hydrogen (secondary N) is 4. The number of rotatable bonds is 11. The molecule has 5 heterocycles. The van der Waals surface area contributed by atoms with E-state index in [1.807, 2.05) is 56.9 Å². The molecule has 4 aromatic rings. The smallest absolute Gasteiger partial charge is 0.407 e. The number of ether oxygens (including phenoxy) is 4. The Morgan fingerprint density at radius 3 is 1.79 bits per heavy atom. The molecule has 15 heteroatoms. The highest BCUT2D eigenvalue weighted by Crippen LogP contribution is 2.44. The van der Waals surface area contributed by atoms with Crippen molar-refractivity contribution < 1.29 is 38.1 Å². The molecule has 7 rings (SSSR count). The average Bonchev–Trinajstić information content (AvgIpc) is 4.09. The van der Waals surface area contributed by atoms with Crippen molar-refractivity contribution in [2.75, 3.05) is 40.5 Å². The molecule has 4 amide bonds. The molecule has 3 aliphatic heterocycles. The highest BCUT2D eigenvalue weighted by atomic mass is 16.7. The van der Waals surface area contributed by atoms with Gasteiger partial charge in [-0.3, -0.25) is 9.59 Å². The van der Waals surface area contributed by atoms with Gasteiger partial charge in [0.2, 0.25) is 11.8 Å². The number of nitrogens with zero attached hydrogens (tertiary/aromatic N) is 3. The minimum atomic E-state index is -0.990. The number of H-pyrrole nitrogens is 2. The minimum Gasteiger partial charge on any atom is -0.453 e. The molecular formula is C46H59N7O8. The summed E-state index contributed by atoms with van der Waals surface area (Å²) in [5.41, 5.74) is 6.62. The van der Waals surface area contributed by atoms with Gasteiger partial charge in [-0.15, -0.1) is 0 Å². The summed E-state index contributed by atoms with van der Waals surface area (Å²) in [6, 6.07) is 18.6. The molecule has 1 unspecified atom stereocenters. The molecule has 2 aromatic heterocycles. The maximum atomic E-state index is 14.2. The standard InChI is InChI=1S/C46H59N7O8/c1-27(2)38(50-43(56)58-7)41(54)52-21-9-10-36(52)34-20-19-33(48-34)31-15-11-29(12-16-31)30-13-17-32(18-14-30)35-23-47-40(49-35)37-22-46(60-25-45(5,6)26-61-46)24-53(37)42(55)39(28(3)4)51-44(57)59-8/h11-20,23,27-28,36-39,48H,9-10,21-22,24-26H2,1-8H3,(H,47,49)(H,50,56)(H,51,57)/t36-,37-,38?,39+/m0/s1. The number of likely N-dealkylation sites (tertiary alicyclic amines) is 2. The highest BCUT2D eigenvalue weighted by molar-refractivity contribution is 5.87. The number of benzene rings is 2. The van der Waals surface area contributed by atoms with Gasteiger partial charge in [0.15, 0.2) is 5.79 Å². The molecule has 4 atom stereocenters. The van der Waals surface area contributed by atoms with E-state index in [0.29, 0.717) is 32.0 Å². The van der Waals surface area contributed by atoms with Crippen molar-refractivity contribution in [3.05, 3.63) is 78.4 Å². The molecule has 61 heavy (non-hydrogen) atoms. The average molecular weight is 838 g/mol. The summed E-state index contributed by atoms with van der Waals surface area (Å²) in [6.45, 7) is 13.5. The monoisotopic (exact) mass is 837 g/mol. The number of alkyl carbamates (subject to hydrolysis) is 2. The van der Waals surface area contributed by atoms with Crippen LogP contribution in [0.4, 0.5) is 9.59 Å². The maximum Gasteiger partial charge on any atom is 0.407 e. The maximum absolute atomic E-state index is 14.2. The molecule has 0 radical (unpaired) electrons. The first-order valence-corrected chi connectivity index (χ1v) is 21.1.